The number of aromatic nitrogens is 3. The zero-order valence-electron chi connectivity index (χ0n) is 21.9. The Kier molecular flexibility index (Phi) is 5.05. The summed E-state index contributed by atoms with van der Waals surface area (Å²) < 4.78 is 6.51. The van der Waals surface area contributed by atoms with Crippen LogP contribution in [0.25, 0.3) is 66.3 Å². The number of benzene rings is 4. The molecule has 0 bridgehead atoms. The van der Waals surface area contributed by atoms with Crippen molar-refractivity contribution in [1.29, 1.82) is 0 Å². The summed E-state index contributed by atoms with van der Waals surface area (Å²) in [4.78, 5) is 14.5. The maximum absolute atomic E-state index is 6.51. The second kappa shape index (κ2) is 8.49. The van der Waals surface area contributed by atoms with Crippen molar-refractivity contribution in [2.24, 2.45) is 0 Å². The molecule has 7 rings (SSSR count). The van der Waals surface area contributed by atoms with Crippen LogP contribution in [-0.2, 0) is 0 Å². The highest BCUT2D eigenvalue weighted by Gasteiger charge is 2.19. The van der Waals surface area contributed by atoms with Crippen molar-refractivity contribution in [2.45, 2.75) is 33.6 Å². The Morgan fingerprint density at radius 3 is 2.29 bits per heavy atom. The summed E-state index contributed by atoms with van der Waals surface area (Å²) >= 11 is 0. The van der Waals surface area contributed by atoms with Crippen LogP contribution in [0.2, 0.25) is 0 Å². The van der Waals surface area contributed by atoms with E-state index in [1.54, 1.807) is 6.33 Å². The van der Waals surface area contributed by atoms with Gasteiger partial charge >= 0.3 is 0 Å². The second-order valence-corrected chi connectivity index (χ2v) is 10.4. The van der Waals surface area contributed by atoms with Crippen LogP contribution in [0.5, 0.6) is 0 Å². The molecule has 4 heteroatoms. The number of para-hydroxylation sites is 1. The largest absolute Gasteiger partial charge is 0.437 e. The third-order valence-corrected chi connectivity index (χ3v) is 7.66. The van der Waals surface area contributed by atoms with Gasteiger partial charge in [-0.25, -0.2) is 15.0 Å². The SMILES string of the molecule is Cc1cccc(C)c1-c1ccc2c(n1)oc1c(-c3ncnc4c3ccc3cccc(C(C)C)c34)cccc12. The molecular formula is C34H27N3O. The smallest absolute Gasteiger partial charge is 0.227 e. The summed E-state index contributed by atoms with van der Waals surface area (Å²) in [7, 11) is 0. The number of hydrogen-bond acceptors (Lipinski definition) is 4. The Balaban J connectivity index is 1.49. The molecule has 0 aliphatic carbocycles. The Bertz CT molecular complexity index is 2010. The van der Waals surface area contributed by atoms with E-state index >= 15 is 0 Å². The molecule has 0 radical (unpaired) electrons. The Labute approximate surface area is 221 Å². The zero-order chi connectivity index (χ0) is 26.0. The van der Waals surface area contributed by atoms with Crippen molar-refractivity contribution >= 4 is 43.7 Å². The highest BCUT2D eigenvalue weighted by Crippen LogP contribution is 2.40. The average Bonchev–Trinajstić information content (AvgIpc) is 3.30. The van der Waals surface area contributed by atoms with Crippen LogP contribution in [0, 0.1) is 13.8 Å². The van der Waals surface area contributed by atoms with Gasteiger partial charge in [0, 0.05) is 32.7 Å². The van der Waals surface area contributed by atoms with Crippen LogP contribution in [0.4, 0.5) is 0 Å². The van der Waals surface area contributed by atoms with E-state index in [9.17, 15) is 0 Å². The molecule has 0 saturated carbocycles. The maximum Gasteiger partial charge on any atom is 0.227 e. The molecule has 38 heavy (non-hydrogen) atoms. The second-order valence-electron chi connectivity index (χ2n) is 10.4. The summed E-state index contributed by atoms with van der Waals surface area (Å²) in [6.07, 6.45) is 1.67. The highest BCUT2D eigenvalue weighted by molar-refractivity contribution is 6.14. The molecule has 0 unspecified atom stereocenters. The van der Waals surface area contributed by atoms with Gasteiger partial charge in [-0.15, -0.1) is 0 Å². The van der Waals surface area contributed by atoms with Crippen LogP contribution >= 0.6 is 0 Å². The summed E-state index contributed by atoms with van der Waals surface area (Å²) in [6, 6.07) is 27.6. The predicted molar refractivity (Wildman–Crippen MR) is 157 cm³/mol. The van der Waals surface area contributed by atoms with Crippen LogP contribution in [0.3, 0.4) is 0 Å². The Morgan fingerprint density at radius 1 is 0.711 bits per heavy atom. The summed E-state index contributed by atoms with van der Waals surface area (Å²) in [5, 5.41) is 5.44. The van der Waals surface area contributed by atoms with E-state index in [1.165, 1.54) is 27.5 Å². The molecule has 0 N–H and O–H groups in total. The Hall–Kier alpha value is -4.57. The molecule has 0 spiro atoms. The zero-order valence-corrected chi connectivity index (χ0v) is 21.9. The molecule has 4 aromatic carbocycles. The van der Waals surface area contributed by atoms with Crippen LogP contribution in [0.1, 0.15) is 36.5 Å². The van der Waals surface area contributed by atoms with Crippen molar-refractivity contribution in [1.82, 2.24) is 15.0 Å². The fourth-order valence-corrected chi connectivity index (χ4v) is 5.85. The van der Waals surface area contributed by atoms with Gasteiger partial charge in [-0.05, 0) is 66.1 Å². The molecule has 4 nitrogen and oxygen atoms in total. The number of fused-ring (bicyclic) bond motifs is 6. The summed E-state index contributed by atoms with van der Waals surface area (Å²) in [6.45, 7) is 8.70. The maximum atomic E-state index is 6.51. The Morgan fingerprint density at radius 2 is 1.47 bits per heavy atom. The third-order valence-electron chi connectivity index (χ3n) is 7.66. The highest BCUT2D eigenvalue weighted by atomic mass is 16.3. The number of furan rings is 1. The number of aryl methyl sites for hydroxylation is 2. The molecule has 0 atom stereocenters. The lowest BCUT2D eigenvalue weighted by atomic mass is 9.93. The molecule has 3 heterocycles. The van der Waals surface area contributed by atoms with Crippen molar-refractivity contribution in [3.05, 3.63) is 102 Å². The van der Waals surface area contributed by atoms with E-state index in [2.05, 4.69) is 107 Å². The lowest BCUT2D eigenvalue weighted by Gasteiger charge is -2.13. The first kappa shape index (κ1) is 22.6. The molecule has 0 aliphatic rings. The third kappa shape index (κ3) is 3.33. The van der Waals surface area contributed by atoms with Crippen molar-refractivity contribution in [3.8, 4) is 22.5 Å². The van der Waals surface area contributed by atoms with Gasteiger partial charge in [0.25, 0.3) is 0 Å². The molecule has 7 aromatic rings. The van der Waals surface area contributed by atoms with Gasteiger partial charge in [-0.3, -0.25) is 0 Å². The minimum Gasteiger partial charge on any atom is -0.437 e. The number of nitrogens with zero attached hydrogens (tertiary/aromatic N) is 3. The van der Waals surface area contributed by atoms with Crippen molar-refractivity contribution in [2.75, 3.05) is 0 Å². The first-order valence-corrected chi connectivity index (χ1v) is 13.1. The van der Waals surface area contributed by atoms with E-state index in [0.29, 0.717) is 11.6 Å². The standard InChI is InChI=1S/C34H27N3O/c1-19(2)23-11-6-10-22-14-15-26-31(35-18-36-32(26)30(22)23)27-13-7-12-24-25-16-17-28(37-34(25)38-33(24)27)29-20(3)8-5-9-21(29)4/h5-19H,1-4H3. The lowest BCUT2D eigenvalue weighted by Crippen LogP contribution is -1.94. The molecule has 184 valence electrons. The lowest BCUT2D eigenvalue weighted by molar-refractivity contribution is 0.655. The van der Waals surface area contributed by atoms with Gasteiger partial charge in [0.05, 0.1) is 16.9 Å². The fourth-order valence-electron chi connectivity index (χ4n) is 5.85. The van der Waals surface area contributed by atoms with E-state index in [0.717, 1.165) is 49.8 Å². The molecular weight excluding hydrogens is 466 g/mol. The minimum atomic E-state index is 0.388. The number of pyridine rings is 1. The van der Waals surface area contributed by atoms with E-state index in [1.807, 2.05) is 0 Å². The molecule has 0 fully saturated rings. The van der Waals surface area contributed by atoms with E-state index in [-0.39, 0.29) is 0 Å². The molecule has 3 aromatic heterocycles. The van der Waals surface area contributed by atoms with E-state index in [4.69, 9.17) is 19.4 Å². The average molecular weight is 494 g/mol. The van der Waals surface area contributed by atoms with Gasteiger partial charge in [0.2, 0.25) is 5.71 Å². The topological polar surface area (TPSA) is 51.8 Å². The van der Waals surface area contributed by atoms with Gasteiger partial charge in [-0.2, -0.15) is 0 Å². The normalized spacial score (nSPS) is 11.9. The quantitative estimate of drug-likeness (QED) is 0.230. The van der Waals surface area contributed by atoms with Gasteiger partial charge < -0.3 is 4.42 Å². The minimum absolute atomic E-state index is 0.388. The fraction of sp³-hybridized carbons (Fsp3) is 0.147. The first-order chi connectivity index (χ1) is 18.5. The molecule has 0 amide bonds. The first-order valence-electron chi connectivity index (χ1n) is 13.1. The van der Waals surface area contributed by atoms with E-state index < -0.39 is 0 Å². The predicted octanol–water partition coefficient (Wildman–Crippen LogP) is 9.15. The van der Waals surface area contributed by atoms with Gasteiger partial charge in [0.1, 0.15) is 11.9 Å². The van der Waals surface area contributed by atoms with Gasteiger partial charge in [-0.1, -0.05) is 68.4 Å². The summed E-state index contributed by atoms with van der Waals surface area (Å²) in [5.74, 6) is 0.388. The summed E-state index contributed by atoms with van der Waals surface area (Å²) in [5.41, 5.74) is 10.0. The van der Waals surface area contributed by atoms with Crippen molar-refractivity contribution in [3.63, 3.8) is 0 Å². The number of hydrogen-bond donors (Lipinski definition) is 0. The molecule has 0 saturated heterocycles. The molecule has 0 aliphatic heterocycles. The van der Waals surface area contributed by atoms with Crippen molar-refractivity contribution < 1.29 is 4.42 Å². The van der Waals surface area contributed by atoms with Gasteiger partial charge in [0.15, 0.2) is 0 Å². The van der Waals surface area contributed by atoms with Crippen LogP contribution < -0.4 is 0 Å². The van der Waals surface area contributed by atoms with Crippen LogP contribution in [0.15, 0.2) is 89.6 Å². The van der Waals surface area contributed by atoms with Crippen LogP contribution in [-0.4, -0.2) is 15.0 Å². The monoisotopic (exact) mass is 493 g/mol. The number of rotatable bonds is 3.